The summed E-state index contributed by atoms with van der Waals surface area (Å²) in [4.78, 5) is 30.7. The molecule has 3 rings (SSSR count). The zero-order valence-electron chi connectivity index (χ0n) is 13.7. The number of furan rings is 1. The Kier molecular flexibility index (Phi) is 5.47. The summed E-state index contributed by atoms with van der Waals surface area (Å²) >= 11 is 5.96. The van der Waals surface area contributed by atoms with E-state index in [-0.39, 0.29) is 28.8 Å². The number of hydrazine groups is 1. The number of carbonyl (C=O) groups is 1. The minimum Gasteiger partial charge on any atom is -0.467 e. The third-order valence-electron chi connectivity index (χ3n) is 3.43. The molecule has 11 heteroatoms. The van der Waals surface area contributed by atoms with E-state index in [4.69, 9.17) is 16.0 Å². The van der Waals surface area contributed by atoms with E-state index in [0.717, 1.165) is 6.33 Å². The second-order valence-electron chi connectivity index (χ2n) is 5.17. The molecule has 0 bridgehead atoms. The summed E-state index contributed by atoms with van der Waals surface area (Å²) in [6.45, 7) is 0.191. The summed E-state index contributed by atoms with van der Waals surface area (Å²) in [5, 5.41) is 14.5. The molecule has 27 heavy (non-hydrogen) atoms. The van der Waals surface area contributed by atoms with Crippen LogP contribution in [0.3, 0.4) is 0 Å². The molecule has 0 atom stereocenters. The van der Waals surface area contributed by atoms with E-state index in [1.165, 1.54) is 12.3 Å². The molecule has 1 aromatic carbocycles. The number of aromatic nitrogens is 2. The van der Waals surface area contributed by atoms with Gasteiger partial charge in [-0.05, 0) is 24.3 Å². The van der Waals surface area contributed by atoms with Gasteiger partial charge in [0.05, 0.1) is 28.3 Å². The highest BCUT2D eigenvalue weighted by Crippen LogP contribution is 2.28. The highest BCUT2D eigenvalue weighted by Gasteiger charge is 2.23. The summed E-state index contributed by atoms with van der Waals surface area (Å²) in [7, 11) is 0. The van der Waals surface area contributed by atoms with Gasteiger partial charge in [0.25, 0.3) is 5.91 Å². The predicted octanol–water partition coefficient (Wildman–Crippen LogP) is 3.00. The minimum atomic E-state index is -0.658. The van der Waals surface area contributed by atoms with Gasteiger partial charge in [-0.15, -0.1) is 0 Å². The number of rotatable bonds is 7. The van der Waals surface area contributed by atoms with E-state index in [1.807, 2.05) is 0 Å². The first-order valence-corrected chi connectivity index (χ1v) is 8.00. The first-order chi connectivity index (χ1) is 13.1. The van der Waals surface area contributed by atoms with E-state index in [2.05, 4.69) is 26.1 Å². The summed E-state index contributed by atoms with van der Waals surface area (Å²) in [5.41, 5.74) is 4.55. The van der Waals surface area contributed by atoms with Gasteiger partial charge in [-0.25, -0.2) is 9.97 Å². The van der Waals surface area contributed by atoms with Gasteiger partial charge in [0.15, 0.2) is 0 Å². The van der Waals surface area contributed by atoms with Crippen LogP contribution in [0.2, 0.25) is 5.02 Å². The highest BCUT2D eigenvalue weighted by atomic mass is 35.5. The van der Waals surface area contributed by atoms with Gasteiger partial charge in [-0.1, -0.05) is 23.7 Å². The number of halogens is 1. The molecule has 0 radical (unpaired) electrons. The van der Waals surface area contributed by atoms with Crippen molar-refractivity contribution in [1.82, 2.24) is 15.4 Å². The Balaban J connectivity index is 1.76. The van der Waals surface area contributed by atoms with Crippen LogP contribution in [-0.4, -0.2) is 20.8 Å². The molecular formula is C16H13ClN6O4. The van der Waals surface area contributed by atoms with Crippen LogP contribution in [0.5, 0.6) is 0 Å². The Morgan fingerprint density at radius 3 is 2.67 bits per heavy atom. The quantitative estimate of drug-likeness (QED) is 0.415. The maximum Gasteiger partial charge on any atom is 0.354 e. The Bertz CT molecular complexity index is 963. The summed E-state index contributed by atoms with van der Waals surface area (Å²) in [6.07, 6.45) is 2.62. The molecule has 0 aliphatic heterocycles. The average molecular weight is 389 g/mol. The molecule has 2 aromatic heterocycles. The van der Waals surface area contributed by atoms with Crippen LogP contribution in [0.25, 0.3) is 0 Å². The van der Waals surface area contributed by atoms with E-state index >= 15 is 0 Å². The smallest absolute Gasteiger partial charge is 0.354 e. The topological polar surface area (TPSA) is 135 Å². The predicted molar refractivity (Wildman–Crippen MR) is 97.3 cm³/mol. The second kappa shape index (κ2) is 8.15. The monoisotopic (exact) mass is 388 g/mol. The maximum absolute atomic E-state index is 12.2. The van der Waals surface area contributed by atoms with Crippen molar-refractivity contribution in [3.8, 4) is 0 Å². The van der Waals surface area contributed by atoms with Crippen molar-refractivity contribution in [2.75, 3.05) is 10.7 Å². The third-order valence-corrected chi connectivity index (χ3v) is 3.76. The van der Waals surface area contributed by atoms with Crippen molar-refractivity contribution < 1.29 is 14.1 Å². The van der Waals surface area contributed by atoms with E-state index in [9.17, 15) is 14.9 Å². The lowest BCUT2D eigenvalue weighted by Crippen LogP contribution is -2.30. The van der Waals surface area contributed by atoms with Crippen LogP contribution in [0.15, 0.2) is 53.4 Å². The molecule has 0 fully saturated rings. The Labute approximate surface area is 157 Å². The van der Waals surface area contributed by atoms with Gasteiger partial charge in [0, 0.05) is 0 Å². The zero-order chi connectivity index (χ0) is 19.2. The Morgan fingerprint density at radius 2 is 1.96 bits per heavy atom. The molecule has 0 saturated carbocycles. The van der Waals surface area contributed by atoms with E-state index in [0.29, 0.717) is 5.76 Å². The number of nitro groups is 1. The normalized spacial score (nSPS) is 10.3. The standard InChI is InChI=1S/C16H13ClN6O4/c17-12-6-2-1-5-11(12)16(24)22-21-15-13(23(25)26)14(19-9-20-15)18-8-10-4-3-7-27-10/h1-7,9H,8H2,(H,22,24)(H2,18,19,20,21). The largest absolute Gasteiger partial charge is 0.467 e. The SMILES string of the molecule is O=C(NNc1ncnc(NCc2ccco2)c1[N+](=O)[O-])c1ccccc1Cl. The molecular weight excluding hydrogens is 376 g/mol. The molecule has 0 spiro atoms. The molecule has 138 valence electrons. The van der Waals surface area contributed by atoms with Crippen LogP contribution in [0, 0.1) is 10.1 Å². The number of benzene rings is 1. The molecule has 0 saturated heterocycles. The number of anilines is 2. The van der Waals surface area contributed by atoms with Gasteiger partial charge >= 0.3 is 5.69 Å². The van der Waals surface area contributed by atoms with Crippen molar-refractivity contribution >= 4 is 34.8 Å². The van der Waals surface area contributed by atoms with Gasteiger partial charge in [0.1, 0.15) is 12.1 Å². The fourth-order valence-corrected chi connectivity index (χ4v) is 2.41. The second-order valence-corrected chi connectivity index (χ2v) is 5.58. The summed E-state index contributed by atoms with van der Waals surface area (Å²) in [6, 6.07) is 9.80. The van der Waals surface area contributed by atoms with Crippen LogP contribution in [0.1, 0.15) is 16.1 Å². The number of carbonyl (C=O) groups excluding carboxylic acids is 1. The van der Waals surface area contributed by atoms with Crippen molar-refractivity contribution in [2.24, 2.45) is 0 Å². The van der Waals surface area contributed by atoms with Gasteiger partial charge < -0.3 is 9.73 Å². The molecule has 3 aromatic rings. The van der Waals surface area contributed by atoms with E-state index in [1.54, 1.807) is 30.3 Å². The first kappa shape index (κ1) is 18.1. The lowest BCUT2D eigenvalue weighted by Gasteiger charge is -2.11. The number of amides is 1. The molecule has 0 aliphatic carbocycles. The van der Waals surface area contributed by atoms with Crippen molar-refractivity contribution in [3.05, 3.63) is 75.4 Å². The maximum atomic E-state index is 12.2. The molecule has 10 nitrogen and oxygen atoms in total. The molecule has 0 unspecified atom stereocenters. The van der Waals surface area contributed by atoms with Gasteiger partial charge in [-0.2, -0.15) is 0 Å². The minimum absolute atomic E-state index is 0.0270. The van der Waals surface area contributed by atoms with Crippen LogP contribution >= 0.6 is 11.6 Å². The van der Waals surface area contributed by atoms with Crippen LogP contribution in [0.4, 0.5) is 17.3 Å². The zero-order valence-corrected chi connectivity index (χ0v) is 14.4. The average Bonchev–Trinajstić information content (AvgIpc) is 3.18. The Hall–Kier alpha value is -3.66. The highest BCUT2D eigenvalue weighted by molar-refractivity contribution is 6.33. The van der Waals surface area contributed by atoms with E-state index < -0.39 is 16.5 Å². The fraction of sp³-hybridized carbons (Fsp3) is 0.0625. The Morgan fingerprint density at radius 1 is 1.19 bits per heavy atom. The van der Waals surface area contributed by atoms with Gasteiger partial charge in [-0.3, -0.25) is 25.8 Å². The van der Waals surface area contributed by atoms with Crippen molar-refractivity contribution in [3.63, 3.8) is 0 Å². The van der Waals surface area contributed by atoms with Crippen molar-refractivity contribution in [1.29, 1.82) is 0 Å². The number of nitrogens with zero attached hydrogens (tertiary/aromatic N) is 3. The summed E-state index contributed by atoms with van der Waals surface area (Å²) < 4.78 is 5.16. The molecule has 0 aliphatic rings. The number of nitrogens with one attached hydrogen (secondary N) is 3. The number of hydrogen-bond acceptors (Lipinski definition) is 8. The lowest BCUT2D eigenvalue weighted by atomic mass is 10.2. The molecule has 1 amide bonds. The number of hydrogen-bond donors (Lipinski definition) is 3. The first-order valence-electron chi connectivity index (χ1n) is 7.63. The molecule has 2 heterocycles. The molecule has 3 N–H and O–H groups in total. The fourth-order valence-electron chi connectivity index (χ4n) is 2.19. The lowest BCUT2D eigenvalue weighted by molar-refractivity contribution is -0.383. The van der Waals surface area contributed by atoms with Crippen LogP contribution < -0.4 is 16.2 Å². The van der Waals surface area contributed by atoms with Crippen LogP contribution in [-0.2, 0) is 6.54 Å². The van der Waals surface area contributed by atoms with Gasteiger partial charge in [0.2, 0.25) is 11.6 Å². The summed E-state index contributed by atoms with van der Waals surface area (Å²) in [5.74, 6) is -0.207. The third kappa shape index (κ3) is 4.30. The van der Waals surface area contributed by atoms with Crippen molar-refractivity contribution in [2.45, 2.75) is 6.54 Å².